The average molecular weight is 247 g/mol. The fraction of sp³-hybridized carbons (Fsp3) is 0.467. The zero-order valence-electron chi connectivity index (χ0n) is 11.3. The van der Waals surface area contributed by atoms with Gasteiger partial charge in [0.25, 0.3) is 0 Å². The monoisotopic (exact) mass is 247 g/mol. The Morgan fingerprint density at radius 3 is 2.53 bits per heavy atom. The van der Waals surface area contributed by atoms with Crippen LogP contribution in [0, 0.1) is 6.92 Å². The van der Waals surface area contributed by atoms with Crippen molar-refractivity contribution in [2.24, 2.45) is 0 Å². The van der Waals surface area contributed by atoms with Crippen LogP contribution < -0.4 is 5.32 Å². The second-order valence-electron chi connectivity index (χ2n) is 5.68. The van der Waals surface area contributed by atoms with Crippen molar-refractivity contribution in [3.8, 4) is 0 Å². The Morgan fingerprint density at radius 1 is 1.24 bits per heavy atom. The van der Waals surface area contributed by atoms with E-state index < -0.39 is 0 Å². The second kappa shape index (κ2) is 4.43. The lowest BCUT2D eigenvalue weighted by molar-refractivity contribution is 0.588. The fourth-order valence-corrected chi connectivity index (χ4v) is 3.78. The summed E-state index contributed by atoms with van der Waals surface area (Å²) in [6.45, 7) is 10.0. The zero-order valence-corrected chi connectivity index (χ0v) is 12.2. The molecule has 0 spiro atoms. The minimum Gasteiger partial charge on any atom is -0.315 e. The van der Waals surface area contributed by atoms with E-state index in [1.54, 1.807) is 0 Å². The summed E-state index contributed by atoms with van der Waals surface area (Å²) in [5.74, 6) is 0. The van der Waals surface area contributed by atoms with Crippen LogP contribution in [0.15, 0.2) is 18.2 Å². The van der Waals surface area contributed by atoms with Gasteiger partial charge < -0.3 is 5.32 Å². The van der Waals surface area contributed by atoms with E-state index in [2.05, 4.69) is 51.2 Å². The Kier molecular flexibility index (Phi) is 3.28. The van der Waals surface area contributed by atoms with Crippen molar-refractivity contribution in [2.45, 2.75) is 39.7 Å². The van der Waals surface area contributed by atoms with Crippen molar-refractivity contribution >= 4 is 21.4 Å². The van der Waals surface area contributed by atoms with Gasteiger partial charge in [-0.1, -0.05) is 38.5 Å². The van der Waals surface area contributed by atoms with E-state index in [0.29, 0.717) is 0 Å². The third-order valence-corrected chi connectivity index (χ3v) is 4.17. The molecule has 1 aromatic carbocycles. The Balaban J connectivity index is 2.73. The molecule has 1 nitrogen and oxygen atoms in total. The first kappa shape index (κ1) is 12.6. The van der Waals surface area contributed by atoms with Crippen LogP contribution in [0.5, 0.6) is 0 Å². The third kappa shape index (κ3) is 2.38. The van der Waals surface area contributed by atoms with E-state index in [9.17, 15) is 0 Å². The molecule has 0 fully saturated rings. The predicted molar refractivity (Wildman–Crippen MR) is 78.0 cm³/mol. The lowest BCUT2D eigenvalue weighted by Gasteiger charge is -2.20. The topological polar surface area (TPSA) is 12.0 Å². The van der Waals surface area contributed by atoms with E-state index in [0.717, 1.165) is 6.54 Å². The molecule has 0 atom stereocenters. The summed E-state index contributed by atoms with van der Waals surface area (Å²) in [5.41, 5.74) is 3.06. The molecule has 0 aliphatic heterocycles. The summed E-state index contributed by atoms with van der Waals surface area (Å²) >= 11 is 1.92. The van der Waals surface area contributed by atoms with Gasteiger partial charge in [0, 0.05) is 16.1 Å². The maximum Gasteiger partial charge on any atom is 0.0349 e. The molecule has 92 valence electrons. The lowest BCUT2D eigenvalue weighted by Crippen LogP contribution is -2.15. The molecular formula is C15H21NS. The highest BCUT2D eigenvalue weighted by atomic mass is 32.1. The Labute approximate surface area is 108 Å². The number of benzene rings is 1. The highest BCUT2D eigenvalue weighted by Crippen LogP contribution is 2.39. The summed E-state index contributed by atoms with van der Waals surface area (Å²) in [5, 5.41) is 4.72. The molecule has 2 aromatic rings. The first-order valence-electron chi connectivity index (χ1n) is 6.10. The van der Waals surface area contributed by atoms with E-state index in [-0.39, 0.29) is 5.41 Å². The molecule has 0 saturated heterocycles. The largest absolute Gasteiger partial charge is 0.315 e. The van der Waals surface area contributed by atoms with Crippen molar-refractivity contribution in [1.82, 2.24) is 5.32 Å². The van der Waals surface area contributed by atoms with Crippen molar-refractivity contribution in [3.63, 3.8) is 0 Å². The summed E-state index contributed by atoms with van der Waals surface area (Å²) in [6.07, 6.45) is 0. The van der Waals surface area contributed by atoms with Crippen LogP contribution in [0.1, 0.15) is 36.8 Å². The van der Waals surface area contributed by atoms with Gasteiger partial charge >= 0.3 is 0 Å². The van der Waals surface area contributed by atoms with Gasteiger partial charge in [-0.25, -0.2) is 0 Å². The Bertz CT molecular complexity index is 532. The molecular weight excluding hydrogens is 226 g/mol. The number of hydrogen-bond donors (Lipinski definition) is 1. The normalized spacial score (nSPS) is 12.3. The van der Waals surface area contributed by atoms with Crippen LogP contribution >= 0.6 is 11.3 Å². The van der Waals surface area contributed by atoms with Gasteiger partial charge in [0.1, 0.15) is 0 Å². The standard InChI is InChI=1S/C15H21NS/c1-10-6-7-12-11(8-10)14(15(2,3)4)13(17-12)9-16-5/h6-8,16H,9H2,1-5H3. The van der Waals surface area contributed by atoms with Crippen molar-refractivity contribution in [1.29, 1.82) is 0 Å². The highest BCUT2D eigenvalue weighted by Gasteiger charge is 2.23. The number of thiophene rings is 1. The minimum absolute atomic E-state index is 0.207. The van der Waals surface area contributed by atoms with Crippen LogP contribution in [-0.4, -0.2) is 7.05 Å². The van der Waals surface area contributed by atoms with Crippen LogP contribution in [0.3, 0.4) is 0 Å². The molecule has 1 heterocycles. The predicted octanol–water partition coefficient (Wildman–Crippen LogP) is 4.23. The first-order valence-corrected chi connectivity index (χ1v) is 6.92. The molecule has 2 heteroatoms. The van der Waals surface area contributed by atoms with Crippen molar-refractivity contribution < 1.29 is 0 Å². The molecule has 0 saturated carbocycles. The molecule has 0 aliphatic carbocycles. The van der Waals surface area contributed by atoms with Crippen LogP contribution in [-0.2, 0) is 12.0 Å². The molecule has 0 radical (unpaired) electrons. The first-order chi connectivity index (χ1) is 7.93. The van der Waals surface area contributed by atoms with Gasteiger partial charge in [-0.15, -0.1) is 11.3 Å². The van der Waals surface area contributed by atoms with Gasteiger partial charge in [-0.3, -0.25) is 0 Å². The molecule has 1 aromatic heterocycles. The summed E-state index contributed by atoms with van der Waals surface area (Å²) in [7, 11) is 2.02. The van der Waals surface area contributed by atoms with E-state index in [1.807, 2.05) is 18.4 Å². The Hall–Kier alpha value is -0.860. The third-order valence-electron chi connectivity index (χ3n) is 3.00. The molecule has 17 heavy (non-hydrogen) atoms. The molecule has 0 bridgehead atoms. The van der Waals surface area contributed by atoms with Crippen LogP contribution in [0.25, 0.3) is 10.1 Å². The van der Waals surface area contributed by atoms with Crippen molar-refractivity contribution in [2.75, 3.05) is 7.05 Å². The van der Waals surface area contributed by atoms with E-state index in [1.165, 1.54) is 26.1 Å². The summed E-state index contributed by atoms with van der Waals surface area (Å²) in [4.78, 5) is 1.47. The van der Waals surface area contributed by atoms with Crippen molar-refractivity contribution in [3.05, 3.63) is 34.2 Å². The van der Waals surface area contributed by atoms with Crippen LogP contribution in [0.2, 0.25) is 0 Å². The second-order valence-corrected chi connectivity index (χ2v) is 6.82. The number of rotatable bonds is 2. The molecule has 2 rings (SSSR count). The lowest BCUT2D eigenvalue weighted by atomic mass is 9.84. The zero-order chi connectivity index (χ0) is 12.6. The quantitative estimate of drug-likeness (QED) is 0.837. The van der Waals surface area contributed by atoms with Crippen LogP contribution in [0.4, 0.5) is 0 Å². The SMILES string of the molecule is CNCc1sc2ccc(C)cc2c1C(C)(C)C. The number of nitrogens with one attached hydrogen (secondary N) is 1. The average Bonchev–Trinajstić information content (AvgIpc) is 2.54. The maximum atomic E-state index is 3.28. The Morgan fingerprint density at radius 2 is 1.94 bits per heavy atom. The van der Waals surface area contributed by atoms with E-state index in [4.69, 9.17) is 0 Å². The summed E-state index contributed by atoms with van der Waals surface area (Å²) < 4.78 is 1.41. The van der Waals surface area contributed by atoms with Gasteiger partial charge in [-0.2, -0.15) is 0 Å². The van der Waals surface area contributed by atoms with Gasteiger partial charge in [-0.05, 0) is 36.4 Å². The number of hydrogen-bond acceptors (Lipinski definition) is 2. The smallest absolute Gasteiger partial charge is 0.0349 e. The molecule has 0 unspecified atom stereocenters. The number of fused-ring (bicyclic) bond motifs is 1. The van der Waals surface area contributed by atoms with Gasteiger partial charge in [0.15, 0.2) is 0 Å². The maximum absolute atomic E-state index is 3.28. The number of aryl methyl sites for hydroxylation is 1. The van der Waals surface area contributed by atoms with E-state index >= 15 is 0 Å². The molecule has 0 aliphatic rings. The molecule has 0 amide bonds. The fourth-order valence-electron chi connectivity index (χ4n) is 2.37. The highest BCUT2D eigenvalue weighted by molar-refractivity contribution is 7.19. The van der Waals surface area contributed by atoms with Gasteiger partial charge in [0.05, 0.1) is 0 Å². The molecule has 1 N–H and O–H groups in total. The van der Waals surface area contributed by atoms with Gasteiger partial charge in [0.2, 0.25) is 0 Å². The minimum atomic E-state index is 0.207. The summed E-state index contributed by atoms with van der Waals surface area (Å²) in [6, 6.07) is 6.78.